The number of amides is 6. The van der Waals surface area contributed by atoms with E-state index in [2.05, 4.69) is 61.0 Å². The molecule has 6 aromatic rings. The zero-order chi connectivity index (χ0) is 53.8. The molecule has 18 nitrogen and oxygen atoms in total. The Bertz CT molecular complexity index is 2470. The minimum absolute atomic E-state index is 0. The summed E-state index contributed by atoms with van der Waals surface area (Å²) in [6, 6.07) is 40.4. The first kappa shape index (κ1) is 62.7. The fourth-order valence-electron chi connectivity index (χ4n) is 4.94. The second-order valence-corrected chi connectivity index (χ2v) is 14.0. The van der Waals surface area contributed by atoms with E-state index in [1.54, 1.807) is 146 Å². The van der Waals surface area contributed by atoms with Crippen LogP contribution in [-0.2, 0) is 48.9 Å². The Hall–Kier alpha value is -10.3. The molecule has 0 bridgehead atoms. The van der Waals surface area contributed by atoms with Crippen LogP contribution in [0.15, 0.2) is 146 Å². The molecule has 0 aliphatic carbocycles. The average molecular weight is 1060 g/mol. The summed E-state index contributed by atoms with van der Waals surface area (Å²) in [4.78, 5) is 82.9. The summed E-state index contributed by atoms with van der Waals surface area (Å²) in [5.74, 6) is -0.636. The van der Waals surface area contributed by atoms with Crippen LogP contribution in [0.5, 0.6) is 0 Å². The predicted octanol–water partition coefficient (Wildman–Crippen LogP) is 13.2. The molecule has 0 aliphatic rings. The third kappa shape index (κ3) is 30.0. The summed E-state index contributed by atoms with van der Waals surface area (Å²) < 4.78 is 0. The molecule has 0 saturated carbocycles. The minimum atomic E-state index is -0.106. The van der Waals surface area contributed by atoms with Crippen LogP contribution in [0.3, 0.4) is 0 Å². The summed E-state index contributed by atoms with van der Waals surface area (Å²) in [7, 11) is 0. The molecule has 367 valence electrons. The topological polar surface area (TPSA) is 201 Å². The van der Waals surface area contributed by atoms with E-state index in [4.69, 9.17) is 39.4 Å². The van der Waals surface area contributed by atoms with Crippen LogP contribution in [0.2, 0.25) is 0 Å². The average Bonchev–Trinajstić information content (AvgIpc) is 3.35. The van der Waals surface area contributed by atoms with Crippen LogP contribution >= 0.6 is 0 Å². The standard InChI is InChI=1S/6C9H8N2O.Tc/c6*1-7(12)11-9-5-3-8(10-2)4-6-9;/h6*3-6H,1H3,(H,11,12);/i;;;;;;1+1. The van der Waals surface area contributed by atoms with Gasteiger partial charge in [0.1, 0.15) is 0 Å². The van der Waals surface area contributed by atoms with Crippen LogP contribution in [-0.4, -0.2) is 35.4 Å². The van der Waals surface area contributed by atoms with Crippen molar-refractivity contribution in [1.82, 2.24) is 0 Å². The number of benzene rings is 6. The van der Waals surface area contributed by atoms with Crippen molar-refractivity contribution < 1.29 is 48.9 Å². The van der Waals surface area contributed by atoms with E-state index in [1.807, 2.05) is 0 Å². The monoisotopic (exact) mass is 1060 g/mol. The van der Waals surface area contributed by atoms with Crippen LogP contribution in [0.4, 0.5) is 68.2 Å². The number of hydrogen-bond acceptors (Lipinski definition) is 6. The number of nitrogens with zero attached hydrogens (tertiary/aromatic N) is 6. The molecule has 6 rings (SSSR count). The number of carbonyl (C=O) groups excluding carboxylic acids is 6. The summed E-state index contributed by atoms with van der Waals surface area (Å²) in [5, 5.41) is 15.7. The molecule has 0 saturated heterocycles. The Labute approximate surface area is 438 Å². The summed E-state index contributed by atoms with van der Waals surface area (Å²) >= 11 is 0. The Kier molecular flexibility index (Phi) is 30.8. The summed E-state index contributed by atoms with van der Waals surface area (Å²) in [6.07, 6.45) is 0. The first-order chi connectivity index (χ1) is 34.3. The third-order valence-electron chi connectivity index (χ3n) is 7.90. The molecule has 0 spiro atoms. The Morgan fingerprint density at radius 1 is 0.247 bits per heavy atom. The third-order valence-corrected chi connectivity index (χ3v) is 7.90. The molecule has 0 unspecified atom stereocenters. The molecule has 19 heteroatoms. The van der Waals surface area contributed by atoms with Crippen molar-refractivity contribution in [1.29, 1.82) is 0 Å². The smallest absolute Gasteiger partial charge is 0.221 e. The van der Waals surface area contributed by atoms with E-state index < -0.39 is 0 Å². The van der Waals surface area contributed by atoms with Crippen molar-refractivity contribution in [3.05, 3.63) is 214 Å². The maximum Gasteiger partial charge on any atom is 0.221 e. The fraction of sp³-hybridized carbons (Fsp3) is 0.111. The minimum Gasteiger partial charge on any atom is -0.326 e. The van der Waals surface area contributed by atoms with Crippen molar-refractivity contribution >= 4 is 104 Å². The Morgan fingerprint density at radius 2 is 0.342 bits per heavy atom. The van der Waals surface area contributed by atoms with Crippen molar-refractivity contribution in [3.8, 4) is 0 Å². The van der Waals surface area contributed by atoms with Crippen LogP contribution < -0.4 is 31.9 Å². The van der Waals surface area contributed by atoms with Gasteiger partial charge in [0.15, 0.2) is 34.1 Å². The van der Waals surface area contributed by atoms with Crippen molar-refractivity contribution in [2.24, 2.45) is 0 Å². The van der Waals surface area contributed by atoms with Gasteiger partial charge in [0.2, 0.25) is 35.4 Å². The maximum absolute atomic E-state index is 10.6. The van der Waals surface area contributed by atoms with E-state index in [-0.39, 0.29) is 55.5 Å². The normalized spacial score (nSPS) is 8.55. The molecule has 6 amide bonds. The molecule has 6 aromatic carbocycles. The van der Waals surface area contributed by atoms with E-state index in [0.29, 0.717) is 34.1 Å². The van der Waals surface area contributed by atoms with Gasteiger partial charge >= 0.3 is 0 Å². The zero-order valence-corrected chi connectivity index (χ0v) is 42.2. The molecule has 1 radical (unpaired) electrons. The van der Waals surface area contributed by atoms with Gasteiger partial charge in [-0.1, -0.05) is 72.8 Å². The van der Waals surface area contributed by atoms with Crippen LogP contribution in [0.25, 0.3) is 29.1 Å². The zero-order valence-electron chi connectivity index (χ0n) is 40.4. The summed E-state index contributed by atoms with van der Waals surface area (Å²) in [6.45, 7) is 48.8. The first-order valence-electron chi connectivity index (χ1n) is 20.8. The number of anilines is 6. The molecule has 73 heavy (non-hydrogen) atoms. The maximum atomic E-state index is 10.6. The molecule has 0 heterocycles. The quantitative estimate of drug-likeness (QED) is 0.0896. The Morgan fingerprint density at radius 3 is 0.411 bits per heavy atom. The van der Waals surface area contributed by atoms with Crippen molar-refractivity contribution in [2.45, 2.75) is 41.5 Å². The predicted molar refractivity (Wildman–Crippen MR) is 282 cm³/mol. The van der Waals surface area contributed by atoms with Gasteiger partial charge in [0.05, 0.1) is 39.4 Å². The molecule has 6 N–H and O–H groups in total. The molecule has 0 aromatic heterocycles. The van der Waals surface area contributed by atoms with Gasteiger partial charge in [-0.05, 0) is 72.8 Å². The van der Waals surface area contributed by atoms with E-state index in [0.717, 1.165) is 34.1 Å². The second-order valence-electron chi connectivity index (χ2n) is 14.0. The van der Waals surface area contributed by atoms with Crippen LogP contribution in [0, 0.1) is 39.4 Å². The molecule has 0 atom stereocenters. The van der Waals surface area contributed by atoms with Gasteiger partial charge < -0.3 is 31.9 Å². The molecule has 0 aliphatic heterocycles. The number of nitrogens with one attached hydrogen (secondary N) is 6. The molecular formula is C54H48N12O6Tc. The second kappa shape index (κ2) is 35.8. The largest absolute Gasteiger partial charge is 0.326 e. The van der Waals surface area contributed by atoms with Crippen molar-refractivity contribution in [3.63, 3.8) is 0 Å². The first-order valence-corrected chi connectivity index (χ1v) is 20.8. The van der Waals surface area contributed by atoms with Gasteiger partial charge in [0.25, 0.3) is 0 Å². The van der Waals surface area contributed by atoms with Crippen molar-refractivity contribution in [2.75, 3.05) is 31.9 Å². The van der Waals surface area contributed by atoms with Crippen LogP contribution in [0.1, 0.15) is 41.5 Å². The number of rotatable bonds is 6. The molecule has 0 fully saturated rings. The summed E-state index contributed by atoms with van der Waals surface area (Å²) in [5.41, 5.74) is 7.74. The van der Waals surface area contributed by atoms with E-state index in [1.165, 1.54) is 41.5 Å². The van der Waals surface area contributed by atoms with Gasteiger partial charge in [-0.2, -0.15) is 0 Å². The van der Waals surface area contributed by atoms with Gasteiger partial charge in [-0.25, -0.2) is 29.1 Å². The molecular weight excluding hydrogens is 1010 g/mol. The van der Waals surface area contributed by atoms with E-state index >= 15 is 0 Å². The number of hydrogen-bond donors (Lipinski definition) is 6. The SMILES string of the molecule is [99Tc].[C-]#[N+]c1ccc(NC(C)=O)cc1.[C-]#[N+]c1ccc(NC(C)=O)cc1.[C-]#[N+]c1ccc(NC(C)=O)cc1.[C-]#[N+]c1ccc(NC(C)=O)cc1.[C-]#[N+]c1ccc(NC(C)=O)cc1.[C-]#[N+]c1ccc(NC(C)=O)cc1. The Balaban J connectivity index is 0.000000850. The van der Waals surface area contributed by atoms with Gasteiger partial charge in [-0.15, -0.1) is 0 Å². The fourth-order valence-corrected chi connectivity index (χ4v) is 4.94. The van der Waals surface area contributed by atoms with Gasteiger partial charge in [0, 0.05) is 95.8 Å². The van der Waals surface area contributed by atoms with Gasteiger partial charge in [-0.3, -0.25) is 28.8 Å². The van der Waals surface area contributed by atoms with E-state index in [9.17, 15) is 28.8 Å². The number of carbonyl (C=O) groups is 6.